The maximum atomic E-state index is 12.2. The van der Waals surface area contributed by atoms with Crippen molar-refractivity contribution in [3.63, 3.8) is 0 Å². The van der Waals surface area contributed by atoms with E-state index in [0.29, 0.717) is 5.13 Å². The zero-order valence-electron chi connectivity index (χ0n) is 9.32. The van der Waals surface area contributed by atoms with E-state index < -0.39 is 0 Å². The Balaban J connectivity index is 2.05. The van der Waals surface area contributed by atoms with Gasteiger partial charge in [-0.3, -0.25) is 10.1 Å². The Morgan fingerprint density at radius 1 is 1.75 bits per heavy atom. The van der Waals surface area contributed by atoms with Crippen LogP contribution in [0.25, 0.3) is 0 Å². The van der Waals surface area contributed by atoms with Crippen LogP contribution in [0.2, 0.25) is 0 Å². The van der Waals surface area contributed by atoms with Crippen molar-refractivity contribution in [3.8, 4) is 0 Å². The quantitative estimate of drug-likeness (QED) is 0.835. The molecule has 88 valence electrons. The summed E-state index contributed by atoms with van der Waals surface area (Å²) in [5.74, 6) is 0.0311. The van der Waals surface area contributed by atoms with E-state index in [0.717, 1.165) is 32.2 Å². The van der Waals surface area contributed by atoms with E-state index in [1.807, 2.05) is 0 Å². The fourth-order valence-corrected chi connectivity index (χ4v) is 2.64. The minimum absolute atomic E-state index is 0.0311. The fraction of sp³-hybridized carbons (Fsp3) is 0.700. The first-order valence-electron chi connectivity index (χ1n) is 5.59. The lowest BCUT2D eigenvalue weighted by Crippen LogP contribution is -2.50. The summed E-state index contributed by atoms with van der Waals surface area (Å²) in [6.45, 7) is 3.02. The van der Waals surface area contributed by atoms with E-state index in [9.17, 15) is 4.79 Å². The predicted molar refractivity (Wildman–Crippen MR) is 63.4 cm³/mol. The summed E-state index contributed by atoms with van der Waals surface area (Å²) in [4.78, 5) is 12.2. The fourth-order valence-electron chi connectivity index (χ4n) is 2.20. The van der Waals surface area contributed by atoms with Crippen molar-refractivity contribution in [1.82, 2.24) is 15.5 Å². The molecule has 16 heavy (non-hydrogen) atoms. The molecule has 1 atom stereocenters. The maximum Gasteiger partial charge on any atom is 0.246 e. The Labute approximate surface area is 98.7 Å². The van der Waals surface area contributed by atoms with Crippen LogP contribution >= 0.6 is 11.3 Å². The second-order valence-corrected chi connectivity index (χ2v) is 4.89. The molecule has 0 spiro atoms. The predicted octanol–water partition coefficient (Wildman–Crippen LogP) is 1.40. The van der Waals surface area contributed by atoms with Crippen LogP contribution in [0, 0.1) is 0 Å². The number of nitrogens with one attached hydrogen (secondary N) is 2. The summed E-state index contributed by atoms with van der Waals surface area (Å²) in [7, 11) is 0. The largest absolute Gasteiger partial charge is 0.303 e. The van der Waals surface area contributed by atoms with E-state index >= 15 is 0 Å². The molecule has 2 N–H and O–H groups in total. The smallest absolute Gasteiger partial charge is 0.246 e. The molecule has 1 aromatic rings. The van der Waals surface area contributed by atoms with Crippen molar-refractivity contribution < 1.29 is 4.79 Å². The summed E-state index contributed by atoms with van der Waals surface area (Å²) in [5, 5.41) is 14.3. The molecular formula is C10H16N4OS. The van der Waals surface area contributed by atoms with Gasteiger partial charge in [-0.05, 0) is 25.8 Å². The molecule has 6 heteroatoms. The summed E-state index contributed by atoms with van der Waals surface area (Å²) in [6.07, 6.45) is 3.84. The second-order valence-electron chi connectivity index (χ2n) is 4.06. The van der Waals surface area contributed by atoms with Gasteiger partial charge in [0.1, 0.15) is 5.51 Å². The maximum absolute atomic E-state index is 12.2. The Morgan fingerprint density at radius 2 is 2.62 bits per heavy atom. The Morgan fingerprint density at radius 3 is 3.19 bits per heavy atom. The normalized spacial score (nSPS) is 24.6. The zero-order valence-corrected chi connectivity index (χ0v) is 10.1. The molecule has 1 aliphatic heterocycles. The minimum Gasteiger partial charge on any atom is -0.303 e. The van der Waals surface area contributed by atoms with Crippen LogP contribution in [-0.2, 0) is 4.79 Å². The number of hydrogen-bond donors (Lipinski definition) is 2. The van der Waals surface area contributed by atoms with Gasteiger partial charge in [-0.1, -0.05) is 24.7 Å². The summed E-state index contributed by atoms with van der Waals surface area (Å²) >= 11 is 1.34. The van der Waals surface area contributed by atoms with Gasteiger partial charge in [0.25, 0.3) is 0 Å². The first-order valence-corrected chi connectivity index (χ1v) is 6.47. The average molecular weight is 240 g/mol. The highest BCUT2D eigenvalue weighted by molar-refractivity contribution is 7.13. The zero-order chi connectivity index (χ0) is 11.4. The van der Waals surface area contributed by atoms with Crippen molar-refractivity contribution in [2.75, 3.05) is 11.9 Å². The third-order valence-electron chi connectivity index (χ3n) is 2.94. The van der Waals surface area contributed by atoms with Crippen LogP contribution in [0.3, 0.4) is 0 Å². The van der Waals surface area contributed by atoms with Crippen LogP contribution in [0.15, 0.2) is 5.51 Å². The molecule has 2 rings (SSSR count). The number of amides is 1. The van der Waals surface area contributed by atoms with Gasteiger partial charge in [-0.15, -0.1) is 10.2 Å². The lowest BCUT2D eigenvalue weighted by molar-refractivity contribution is -0.122. The molecule has 1 aromatic heterocycles. The van der Waals surface area contributed by atoms with Gasteiger partial charge in [-0.25, -0.2) is 0 Å². The molecule has 0 aliphatic carbocycles. The number of hydrogen-bond acceptors (Lipinski definition) is 5. The monoisotopic (exact) mass is 240 g/mol. The third-order valence-corrected chi connectivity index (χ3v) is 3.54. The molecule has 0 aromatic carbocycles. The number of carbonyl (C=O) groups excluding carboxylic acids is 1. The van der Waals surface area contributed by atoms with Gasteiger partial charge in [0.15, 0.2) is 0 Å². The van der Waals surface area contributed by atoms with Gasteiger partial charge in [0, 0.05) is 0 Å². The molecule has 1 unspecified atom stereocenters. The standard InChI is InChI=1S/C10H16N4OS/c1-2-4-10(5-3-6-11-10)8(15)13-9-14-12-7-16-9/h7,11H,2-6H2,1H3,(H,13,14,15). The average Bonchev–Trinajstić information content (AvgIpc) is 2.89. The van der Waals surface area contributed by atoms with E-state index in [4.69, 9.17) is 0 Å². The molecule has 1 fully saturated rings. The molecule has 1 saturated heterocycles. The van der Waals surface area contributed by atoms with E-state index in [1.54, 1.807) is 5.51 Å². The molecule has 1 aliphatic rings. The van der Waals surface area contributed by atoms with Crippen LogP contribution in [-0.4, -0.2) is 28.2 Å². The highest BCUT2D eigenvalue weighted by Crippen LogP contribution is 2.26. The molecule has 0 radical (unpaired) electrons. The van der Waals surface area contributed by atoms with E-state index in [1.165, 1.54) is 11.3 Å². The first-order chi connectivity index (χ1) is 7.77. The topological polar surface area (TPSA) is 66.9 Å². The molecule has 1 amide bonds. The summed E-state index contributed by atoms with van der Waals surface area (Å²) in [6, 6.07) is 0. The van der Waals surface area contributed by atoms with Gasteiger partial charge >= 0.3 is 0 Å². The molecular weight excluding hydrogens is 224 g/mol. The van der Waals surface area contributed by atoms with Crippen molar-refractivity contribution in [1.29, 1.82) is 0 Å². The number of rotatable bonds is 4. The van der Waals surface area contributed by atoms with E-state index in [2.05, 4.69) is 27.8 Å². The van der Waals surface area contributed by atoms with Crippen LogP contribution in [0.5, 0.6) is 0 Å². The second kappa shape index (κ2) is 4.88. The SMILES string of the molecule is CCCC1(C(=O)Nc2nncs2)CCCN1. The van der Waals surface area contributed by atoms with Crippen LogP contribution in [0.1, 0.15) is 32.6 Å². The first kappa shape index (κ1) is 11.5. The van der Waals surface area contributed by atoms with Gasteiger partial charge in [-0.2, -0.15) is 0 Å². The highest BCUT2D eigenvalue weighted by Gasteiger charge is 2.40. The van der Waals surface area contributed by atoms with Gasteiger partial charge < -0.3 is 5.32 Å². The Kier molecular flexibility index (Phi) is 3.50. The Bertz CT molecular complexity index is 346. The molecule has 0 bridgehead atoms. The summed E-state index contributed by atoms with van der Waals surface area (Å²) < 4.78 is 0. The number of anilines is 1. The van der Waals surface area contributed by atoms with Gasteiger partial charge in [0.2, 0.25) is 11.0 Å². The van der Waals surface area contributed by atoms with E-state index in [-0.39, 0.29) is 11.4 Å². The number of aromatic nitrogens is 2. The molecule has 2 heterocycles. The van der Waals surface area contributed by atoms with Gasteiger partial charge in [0.05, 0.1) is 5.54 Å². The number of nitrogens with zero attached hydrogens (tertiary/aromatic N) is 2. The van der Waals surface area contributed by atoms with Crippen molar-refractivity contribution in [2.24, 2.45) is 0 Å². The summed E-state index contributed by atoms with van der Waals surface area (Å²) in [5.41, 5.74) is 1.23. The van der Waals surface area contributed by atoms with Crippen molar-refractivity contribution in [3.05, 3.63) is 5.51 Å². The third kappa shape index (κ3) is 2.22. The molecule has 0 saturated carbocycles. The number of carbonyl (C=O) groups is 1. The van der Waals surface area contributed by atoms with Crippen molar-refractivity contribution >= 4 is 22.4 Å². The van der Waals surface area contributed by atoms with Crippen LogP contribution < -0.4 is 10.6 Å². The molecule has 5 nitrogen and oxygen atoms in total. The van der Waals surface area contributed by atoms with Crippen molar-refractivity contribution in [2.45, 2.75) is 38.1 Å². The Hall–Kier alpha value is -1.01. The lowest BCUT2D eigenvalue weighted by Gasteiger charge is -2.27. The van der Waals surface area contributed by atoms with Crippen LogP contribution in [0.4, 0.5) is 5.13 Å². The minimum atomic E-state index is -0.388. The lowest BCUT2D eigenvalue weighted by atomic mass is 9.91. The highest BCUT2D eigenvalue weighted by atomic mass is 32.1.